The van der Waals surface area contributed by atoms with Crippen molar-refractivity contribution in [2.24, 2.45) is 0 Å². The highest BCUT2D eigenvalue weighted by Gasteiger charge is 2.18. The van der Waals surface area contributed by atoms with Crippen LogP contribution in [0.15, 0.2) is 54.6 Å². The van der Waals surface area contributed by atoms with Gasteiger partial charge in [-0.2, -0.15) is 0 Å². The fraction of sp³-hybridized carbons (Fsp3) is 0.250. The largest absolute Gasteiger partial charge is 0.493 e. The van der Waals surface area contributed by atoms with Gasteiger partial charge in [-0.1, -0.05) is 41.7 Å². The van der Waals surface area contributed by atoms with Crippen LogP contribution in [0.4, 0.5) is 5.13 Å². The molecule has 0 fully saturated rings. The summed E-state index contributed by atoms with van der Waals surface area (Å²) in [5.41, 5.74) is 1.81. The fourth-order valence-electron chi connectivity index (χ4n) is 2.85. The van der Waals surface area contributed by atoms with Gasteiger partial charge in [-0.05, 0) is 43.7 Å². The zero-order valence-electron chi connectivity index (χ0n) is 18.4. The molecule has 0 spiro atoms. The summed E-state index contributed by atoms with van der Waals surface area (Å²) in [5.74, 6) is -0.188. The number of aromatic nitrogens is 1. The normalized spacial score (nSPS) is 10.4. The molecule has 0 aliphatic rings. The number of anilines is 1. The molecule has 2 N–H and O–H groups in total. The van der Waals surface area contributed by atoms with E-state index in [1.807, 2.05) is 30.3 Å². The average Bonchev–Trinajstić information content (AvgIpc) is 3.19. The molecule has 0 bridgehead atoms. The summed E-state index contributed by atoms with van der Waals surface area (Å²) in [6.45, 7) is 4.33. The lowest BCUT2D eigenvalue weighted by atomic mass is 10.1. The number of thiazole rings is 1. The van der Waals surface area contributed by atoms with Gasteiger partial charge >= 0.3 is 5.97 Å². The van der Waals surface area contributed by atoms with Crippen LogP contribution in [0.1, 0.15) is 44.6 Å². The fourth-order valence-corrected chi connectivity index (χ4v) is 3.70. The third-order valence-corrected chi connectivity index (χ3v) is 5.58. The number of rotatable bonds is 10. The molecule has 33 heavy (non-hydrogen) atoms. The average molecular weight is 468 g/mol. The summed E-state index contributed by atoms with van der Waals surface area (Å²) in [4.78, 5) is 41.0. The van der Waals surface area contributed by atoms with Crippen molar-refractivity contribution in [2.45, 2.75) is 26.8 Å². The Morgan fingerprint density at radius 2 is 1.76 bits per heavy atom. The van der Waals surface area contributed by atoms with Gasteiger partial charge in [0.25, 0.3) is 5.91 Å². The molecular weight excluding hydrogens is 442 g/mol. The zero-order valence-corrected chi connectivity index (χ0v) is 19.2. The van der Waals surface area contributed by atoms with E-state index in [4.69, 9.17) is 9.47 Å². The maximum Gasteiger partial charge on any atom is 0.350 e. The monoisotopic (exact) mass is 467 g/mol. The summed E-state index contributed by atoms with van der Waals surface area (Å²) in [7, 11) is 0. The number of nitrogens with one attached hydrogen (secondary N) is 2. The maximum atomic E-state index is 12.5. The predicted molar refractivity (Wildman–Crippen MR) is 126 cm³/mol. The molecule has 0 saturated heterocycles. The molecule has 1 heterocycles. The second kappa shape index (κ2) is 11.8. The lowest BCUT2D eigenvalue weighted by Gasteiger charge is -2.08. The summed E-state index contributed by atoms with van der Waals surface area (Å²) >= 11 is 1.07. The van der Waals surface area contributed by atoms with E-state index < -0.39 is 5.97 Å². The number of esters is 1. The minimum Gasteiger partial charge on any atom is -0.493 e. The highest BCUT2D eigenvalue weighted by molar-refractivity contribution is 7.17. The second-order valence-corrected chi connectivity index (χ2v) is 7.99. The summed E-state index contributed by atoms with van der Waals surface area (Å²) in [5, 5.41) is 5.86. The smallest absolute Gasteiger partial charge is 0.350 e. The topological polar surface area (TPSA) is 107 Å². The SMILES string of the molecule is CCOC(=O)c1sc(NC(=O)c2ccc(CNC(=O)CCOc3ccccc3)cc2)nc1C. The van der Waals surface area contributed by atoms with Crippen LogP contribution in [0.2, 0.25) is 0 Å². The standard InChI is InChI=1S/C24H25N3O5S/c1-3-31-23(30)21-16(2)26-24(33-21)27-22(29)18-11-9-17(10-12-18)15-25-20(28)13-14-32-19-7-5-4-6-8-19/h4-12H,3,13-15H2,1-2H3,(H,25,28)(H,26,27,29). The van der Waals surface area contributed by atoms with E-state index in [1.54, 1.807) is 38.1 Å². The minimum atomic E-state index is -0.453. The first-order chi connectivity index (χ1) is 16.0. The van der Waals surface area contributed by atoms with Gasteiger partial charge in [0.05, 0.1) is 25.3 Å². The van der Waals surface area contributed by atoms with Gasteiger partial charge in [-0.3, -0.25) is 14.9 Å². The van der Waals surface area contributed by atoms with Gasteiger partial charge in [-0.15, -0.1) is 0 Å². The first-order valence-electron chi connectivity index (χ1n) is 10.5. The van der Waals surface area contributed by atoms with Crippen molar-refractivity contribution >= 4 is 34.3 Å². The Kier molecular flexibility index (Phi) is 8.54. The molecular formula is C24H25N3O5S. The Morgan fingerprint density at radius 1 is 1.03 bits per heavy atom. The maximum absolute atomic E-state index is 12.5. The van der Waals surface area contributed by atoms with Gasteiger partial charge in [0.1, 0.15) is 10.6 Å². The van der Waals surface area contributed by atoms with Crippen LogP contribution in [0, 0.1) is 6.92 Å². The number of ether oxygens (including phenoxy) is 2. The first kappa shape index (κ1) is 23.9. The molecule has 0 aliphatic carbocycles. The Balaban J connectivity index is 1.45. The Labute approximate surface area is 196 Å². The molecule has 3 aromatic rings. The van der Waals surface area contributed by atoms with Crippen LogP contribution >= 0.6 is 11.3 Å². The van der Waals surface area contributed by atoms with Crippen LogP contribution in [-0.4, -0.2) is 36.0 Å². The molecule has 8 nitrogen and oxygen atoms in total. The van der Waals surface area contributed by atoms with Crippen LogP contribution < -0.4 is 15.4 Å². The minimum absolute atomic E-state index is 0.121. The van der Waals surface area contributed by atoms with Crippen molar-refractivity contribution < 1.29 is 23.9 Å². The molecule has 0 atom stereocenters. The van der Waals surface area contributed by atoms with E-state index in [-0.39, 0.29) is 24.8 Å². The van der Waals surface area contributed by atoms with Crippen molar-refractivity contribution in [3.63, 3.8) is 0 Å². The molecule has 3 rings (SSSR count). The third-order valence-electron chi connectivity index (χ3n) is 4.52. The van der Waals surface area contributed by atoms with Gasteiger partial charge in [0, 0.05) is 12.1 Å². The lowest BCUT2D eigenvalue weighted by molar-refractivity contribution is -0.121. The van der Waals surface area contributed by atoms with Gasteiger partial charge < -0.3 is 14.8 Å². The van der Waals surface area contributed by atoms with Gasteiger partial charge in [0.15, 0.2) is 5.13 Å². The third kappa shape index (κ3) is 7.15. The molecule has 9 heteroatoms. The Hall–Kier alpha value is -3.72. The number of nitrogens with zero attached hydrogens (tertiary/aromatic N) is 1. The number of aryl methyl sites for hydroxylation is 1. The van der Waals surface area contributed by atoms with Crippen molar-refractivity contribution in [2.75, 3.05) is 18.5 Å². The number of carbonyl (C=O) groups is 3. The molecule has 172 valence electrons. The summed E-state index contributed by atoms with van der Waals surface area (Å²) in [6.07, 6.45) is 0.246. The first-order valence-corrected chi connectivity index (χ1v) is 11.3. The highest BCUT2D eigenvalue weighted by atomic mass is 32.1. The van der Waals surface area contributed by atoms with Crippen LogP contribution in [-0.2, 0) is 16.1 Å². The number of benzene rings is 2. The Morgan fingerprint density at radius 3 is 2.45 bits per heavy atom. The summed E-state index contributed by atoms with van der Waals surface area (Å²) < 4.78 is 10.5. The zero-order chi connectivity index (χ0) is 23.6. The molecule has 2 aromatic carbocycles. The number of hydrogen-bond donors (Lipinski definition) is 2. The van der Waals surface area contributed by atoms with Crippen LogP contribution in [0.5, 0.6) is 5.75 Å². The van der Waals surface area contributed by atoms with E-state index in [1.165, 1.54) is 0 Å². The van der Waals surface area contributed by atoms with Crippen LogP contribution in [0.3, 0.4) is 0 Å². The van der Waals surface area contributed by atoms with Gasteiger partial charge in [-0.25, -0.2) is 9.78 Å². The van der Waals surface area contributed by atoms with Crippen molar-refractivity contribution in [3.05, 3.63) is 76.3 Å². The van der Waals surface area contributed by atoms with E-state index in [0.29, 0.717) is 34.4 Å². The van der Waals surface area contributed by atoms with Crippen LogP contribution in [0.25, 0.3) is 0 Å². The quantitative estimate of drug-likeness (QED) is 0.437. The molecule has 2 amide bonds. The summed E-state index contributed by atoms with van der Waals surface area (Å²) in [6, 6.07) is 16.2. The van der Waals surface area contributed by atoms with Crippen molar-refractivity contribution in [1.29, 1.82) is 0 Å². The Bertz CT molecular complexity index is 1100. The van der Waals surface area contributed by atoms with E-state index >= 15 is 0 Å². The van der Waals surface area contributed by atoms with Gasteiger partial charge in [0.2, 0.25) is 5.91 Å². The molecule has 0 saturated carbocycles. The predicted octanol–water partition coefficient (Wildman–Crippen LogP) is 3.97. The number of carbonyl (C=O) groups excluding carboxylic acids is 3. The molecule has 0 aliphatic heterocycles. The second-order valence-electron chi connectivity index (χ2n) is 6.99. The molecule has 0 unspecified atom stereocenters. The van der Waals surface area contributed by atoms with E-state index in [0.717, 1.165) is 22.6 Å². The van der Waals surface area contributed by atoms with E-state index in [2.05, 4.69) is 15.6 Å². The lowest BCUT2D eigenvalue weighted by Crippen LogP contribution is -2.24. The van der Waals surface area contributed by atoms with Crippen molar-refractivity contribution in [1.82, 2.24) is 10.3 Å². The van der Waals surface area contributed by atoms with Crippen molar-refractivity contribution in [3.8, 4) is 5.75 Å². The van der Waals surface area contributed by atoms with E-state index in [9.17, 15) is 14.4 Å². The number of amides is 2. The highest BCUT2D eigenvalue weighted by Crippen LogP contribution is 2.24. The molecule has 0 radical (unpaired) electrons. The number of hydrogen-bond acceptors (Lipinski definition) is 7. The molecule has 1 aromatic heterocycles. The number of para-hydroxylation sites is 1.